The number of rotatable bonds is 4. The minimum absolute atomic E-state index is 0. The molecular weight excluding hydrogens is 282 g/mol. The molecule has 0 aromatic heterocycles. The molecule has 0 fully saturated rings. The fourth-order valence-corrected chi connectivity index (χ4v) is 1.44. The van der Waals surface area contributed by atoms with E-state index in [1.165, 1.54) is 25.3 Å². The molecule has 118 valence electrons. The lowest BCUT2D eigenvalue weighted by Gasteiger charge is -2.19. The molecule has 1 rings (SSSR count). The van der Waals surface area contributed by atoms with Gasteiger partial charge in [-0.15, -0.1) is 0 Å². The van der Waals surface area contributed by atoms with E-state index in [1.54, 1.807) is 6.08 Å². The summed E-state index contributed by atoms with van der Waals surface area (Å²) in [5.74, 6) is -1.60. The first-order chi connectivity index (χ1) is 8.90. The van der Waals surface area contributed by atoms with Crippen molar-refractivity contribution in [2.24, 2.45) is 5.73 Å². The Morgan fingerprint density at radius 2 is 2.05 bits per heavy atom. The Balaban J connectivity index is 0. The van der Waals surface area contributed by atoms with E-state index in [0.29, 0.717) is 5.57 Å². The van der Waals surface area contributed by atoms with Gasteiger partial charge < -0.3 is 32.5 Å². The zero-order valence-corrected chi connectivity index (χ0v) is 11.2. The van der Waals surface area contributed by atoms with Gasteiger partial charge in [-0.1, -0.05) is 6.08 Å². The summed E-state index contributed by atoms with van der Waals surface area (Å²) in [5.41, 5.74) is 10.6. The molecule has 0 heterocycles. The van der Waals surface area contributed by atoms with Gasteiger partial charge in [0.25, 0.3) is 0 Å². The number of nitrogens with two attached hydrogens (primary N) is 1. The van der Waals surface area contributed by atoms with Gasteiger partial charge in [0.15, 0.2) is 0 Å². The zero-order valence-electron chi connectivity index (χ0n) is 11.2. The lowest BCUT2D eigenvalue weighted by Crippen LogP contribution is -2.40. The first-order valence-corrected chi connectivity index (χ1v) is 5.36. The number of aliphatic carboxylic acids is 1. The number of nitrogens with one attached hydrogen (secondary N) is 4. The molecule has 0 bridgehead atoms. The molecule has 21 heavy (non-hydrogen) atoms. The fourth-order valence-electron chi connectivity index (χ4n) is 1.44. The molecule has 0 aromatic rings. The molecule has 0 spiro atoms. The van der Waals surface area contributed by atoms with Gasteiger partial charge in [-0.05, 0) is 17.7 Å². The highest BCUT2D eigenvalue weighted by molar-refractivity contribution is 5.91. The molecule has 0 saturated carbocycles. The maximum Gasteiger partial charge on any atom is 0.335 e. The molecule has 10 nitrogen and oxygen atoms in total. The van der Waals surface area contributed by atoms with E-state index in [1.807, 2.05) is 0 Å². The van der Waals surface area contributed by atoms with Crippen LogP contribution in [0.1, 0.15) is 6.92 Å². The summed E-state index contributed by atoms with van der Waals surface area (Å²) >= 11 is 0. The van der Waals surface area contributed by atoms with E-state index in [4.69, 9.17) is 16.2 Å². The molecule has 1 unspecified atom stereocenters. The molecule has 1 atom stereocenters. The van der Waals surface area contributed by atoms with Crippen LogP contribution in [0.2, 0.25) is 0 Å². The number of guanidine groups is 1. The second kappa shape index (κ2) is 9.12. The number of amides is 1. The summed E-state index contributed by atoms with van der Waals surface area (Å²) in [7, 11) is 0. The molecular formula is C11H19N5O5. The van der Waals surface area contributed by atoms with E-state index in [9.17, 15) is 9.59 Å². The second-order valence-electron chi connectivity index (χ2n) is 3.77. The third kappa shape index (κ3) is 6.75. The van der Waals surface area contributed by atoms with Gasteiger partial charge in [0.2, 0.25) is 11.9 Å². The van der Waals surface area contributed by atoms with Crippen LogP contribution in [-0.2, 0) is 9.59 Å². The lowest BCUT2D eigenvalue weighted by molar-refractivity contribution is -0.132. The smallest absolute Gasteiger partial charge is 0.335 e. The Bertz CT molecular complexity index is 497. The fraction of sp³-hybridized carbons (Fsp3) is 0.182. The van der Waals surface area contributed by atoms with Gasteiger partial charge in [0, 0.05) is 13.1 Å². The van der Waals surface area contributed by atoms with Crippen molar-refractivity contribution in [1.29, 1.82) is 5.41 Å². The first-order valence-electron chi connectivity index (χ1n) is 5.36. The van der Waals surface area contributed by atoms with Crippen LogP contribution in [-0.4, -0.2) is 39.9 Å². The minimum atomic E-state index is -1.07. The van der Waals surface area contributed by atoms with E-state index >= 15 is 0 Å². The third-order valence-corrected chi connectivity index (χ3v) is 2.20. The molecule has 1 aliphatic rings. The summed E-state index contributed by atoms with van der Waals surface area (Å²) in [4.78, 5) is 21.9. The van der Waals surface area contributed by atoms with Crippen molar-refractivity contribution in [3.63, 3.8) is 0 Å². The average molecular weight is 301 g/mol. The molecule has 0 aromatic carbocycles. The van der Waals surface area contributed by atoms with Crippen molar-refractivity contribution in [2.75, 3.05) is 0 Å². The monoisotopic (exact) mass is 301 g/mol. The topological polar surface area (TPSA) is 203 Å². The average Bonchev–Trinajstić information content (AvgIpc) is 2.29. The minimum Gasteiger partial charge on any atom is -0.478 e. The summed E-state index contributed by atoms with van der Waals surface area (Å²) in [6, 6.07) is -0.443. The number of hydrogen-bond donors (Lipinski definition) is 6. The Hall–Kier alpha value is -2.85. The van der Waals surface area contributed by atoms with Crippen LogP contribution in [0.15, 0.2) is 35.6 Å². The Labute approximate surface area is 120 Å². The van der Waals surface area contributed by atoms with Gasteiger partial charge >= 0.3 is 5.97 Å². The molecule has 0 saturated heterocycles. The van der Waals surface area contributed by atoms with Crippen molar-refractivity contribution < 1.29 is 25.6 Å². The molecule has 1 aliphatic carbocycles. The third-order valence-electron chi connectivity index (χ3n) is 2.20. The van der Waals surface area contributed by atoms with Gasteiger partial charge in [-0.3, -0.25) is 15.6 Å². The summed E-state index contributed by atoms with van der Waals surface area (Å²) in [6.45, 7) is 1.36. The number of hydrogen-bond acceptors (Lipinski definition) is 4. The van der Waals surface area contributed by atoms with Crippen LogP contribution in [0.4, 0.5) is 0 Å². The quantitative estimate of drug-likeness (QED) is 0.185. The standard InChI is InChI=1S/C11H15N5O3.2H2O/c1-6(17)15-9-3-2-7(10(18)19)4-8(9)5-14-16-11(12)13;;/h2-5,9,14H,1H3,(H,15,17)(H,18,19)(H4,12,13,16);2*1H2. The van der Waals surface area contributed by atoms with Gasteiger partial charge in [-0.2, -0.15) is 0 Å². The highest BCUT2D eigenvalue weighted by atomic mass is 16.4. The molecule has 1 amide bonds. The van der Waals surface area contributed by atoms with Crippen LogP contribution >= 0.6 is 0 Å². The Kier molecular flexibility index (Phi) is 8.89. The number of carboxylic acid groups (broad SMARTS) is 1. The van der Waals surface area contributed by atoms with Crippen LogP contribution < -0.4 is 21.9 Å². The maximum absolute atomic E-state index is 11.1. The highest BCUT2D eigenvalue weighted by Gasteiger charge is 2.17. The van der Waals surface area contributed by atoms with Crippen LogP contribution in [0.3, 0.4) is 0 Å². The normalized spacial score (nSPS) is 17.7. The van der Waals surface area contributed by atoms with Gasteiger partial charge in [-0.25, -0.2) is 4.79 Å². The molecule has 11 N–H and O–H groups in total. The van der Waals surface area contributed by atoms with Crippen LogP contribution in [0.5, 0.6) is 0 Å². The van der Waals surface area contributed by atoms with Crippen molar-refractivity contribution >= 4 is 17.8 Å². The number of carbonyl (C=O) groups excluding carboxylic acids is 1. The summed E-state index contributed by atoms with van der Waals surface area (Å²) < 4.78 is 0. The van der Waals surface area contributed by atoms with Crippen molar-refractivity contribution in [1.82, 2.24) is 16.2 Å². The summed E-state index contributed by atoms with van der Waals surface area (Å²) in [6.07, 6.45) is 5.82. The van der Waals surface area contributed by atoms with Crippen molar-refractivity contribution in [3.8, 4) is 0 Å². The Morgan fingerprint density at radius 1 is 1.43 bits per heavy atom. The largest absolute Gasteiger partial charge is 0.478 e. The van der Waals surface area contributed by atoms with E-state index in [0.717, 1.165) is 0 Å². The predicted octanol–water partition coefficient (Wildman–Crippen LogP) is -2.71. The van der Waals surface area contributed by atoms with Crippen molar-refractivity contribution in [2.45, 2.75) is 13.0 Å². The van der Waals surface area contributed by atoms with Crippen molar-refractivity contribution in [3.05, 3.63) is 35.6 Å². The maximum atomic E-state index is 11.1. The second-order valence-corrected chi connectivity index (χ2v) is 3.77. The molecule has 0 aliphatic heterocycles. The van der Waals surface area contributed by atoms with E-state index < -0.39 is 12.0 Å². The van der Waals surface area contributed by atoms with Gasteiger partial charge in [0.05, 0.1) is 11.6 Å². The highest BCUT2D eigenvalue weighted by Crippen LogP contribution is 2.16. The number of hydrazine groups is 1. The SMILES string of the molecule is CC(=O)NC1C=CC(C(=O)O)=CC1=CNNC(=N)N.O.O. The van der Waals surface area contributed by atoms with E-state index in [-0.39, 0.29) is 28.4 Å². The molecule has 0 radical (unpaired) electrons. The van der Waals surface area contributed by atoms with E-state index in [2.05, 4.69) is 16.2 Å². The van der Waals surface area contributed by atoms with Crippen LogP contribution in [0.25, 0.3) is 0 Å². The first kappa shape index (κ1) is 20.5. The van der Waals surface area contributed by atoms with Gasteiger partial charge in [0.1, 0.15) is 0 Å². The predicted molar refractivity (Wildman–Crippen MR) is 76.0 cm³/mol. The molecule has 10 heteroatoms. The zero-order chi connectivity index (χ0) is 14.4. The Morgan fingerprint density at radius 3 is 2.52 bits per heavy atom. The summed E-state index contributed by atoms with van der Waals surface area (Å²) in [5, 5.41) is 18.5. The van der Waals surface area contributed by atoms with Crippen LogP contribution in [0, 0.1) is 5.41 Å². The lowest BCUT2D eigenvalue weighted by atomic mass is 9.98. The number of carboxylic acids is 1. The number of carbonyl (C=O) groups is 2.